The summed E-state index contributed by atoms with van der Waals surface area (Å²) in [4.78, 5) is 17.7. The SMILES string of the molecule is Cc1sc(NC(=O)c2ccc(O)cc2)nc1-c1ccc(Cl)cc1. The first-order valence-corrected chi connectivity index (χ1v) is 8.06. The Hall–Kier alpha value is -2.37. The molecule has 3 aromatic rings. The minimum absolute atomic E-state index is 0.122. The van der Waals surface area contributed by atoms with Crippen molar-refractivity contribution >= 4 is 34.0 Å². The van der Waals surface area contributed by atoms with Gasteiger partial charge < -0.3 is 5.11 Å². The van der Waals surface area contributed by atoms with E-state index in [2.05, 4.69) is 10.3 Å². The fourth-order valence-electron chi connectivity index (χ4n) is 2.11. The van der Waals surface area contributed by atoms with Gasteiger partial charge in [-0.1, -0.05) is 23.7 Å². The number of hydrogen-bond donors (Lipinski definition) is 2. The third kappa shape index (κ3) is 3.52. The van der Waals surface area contributed by atoms with E-state index in [1.807, 2.05) is 31.2 Å². The molecule has 1 heterocycles. The van der Waals surface area contributed by atoms with Crippen LogP contribution in [0.4, 0.5) is 5.13 Å². The third-order valence-electron chi connectivity index (χ3n) is 3.26. The van der Waals surface area contributed by atoms with Crippen molar-refractivity contribution in [2.75, 3.05) is 5.32 Å². The molecule has 3 rings (SSSR count). The first-order chi connectivity index (χ1) is 11.0. The smallest absolute Gasteiger partial charge is 0.257 e. The largest absolute Gasteiger partial charge is 0.508 e. The van der Waals surface area contributed by atoms with Gasteiger partial charge >= 0.3 is 0 Å². The second-order valence-electron chi connectivity index (χ2n) is 4.93. The van der Waals surface area contributed by atoms with Gasteiger partial charge in [0.25, 0.3) is 5.91 Å². The summed E-state index contributed by atoms with van der Waals surface area (Å²) in [6.07, 6.45) is 0. The van der Waals surface area contributed by atoms with Crippen molar-refractivity contribution in [1.82, 2.24) is 4.98 Å². The van der Waals surface area contributed by atoms with E-state index in [1.54, 1.807) is 12.1 Å². The molecule has 23 heavy (non-hydrogen) atoms. The van der Waals surface area contributed by atoms with Crippen molar-refractivity contribution in [2.24, 2.45) is 0 Å². The second-order valence-corrected chi connectivity index (χ2v) is 6.57. The van der Waals surface area contributed by atoms with Gasteiger partial charge in [0.05, 0.1) is 5.69 Å². The normalized spacial score (nSPS) is 10.5. The van der Waals surface area contributed by atoms with Gasteiger partial charge in [-0.25, -0.2) is 4.98 Å². The quantitative estimate of drug-likeness (QED) is 0.722. The van der Waals surface area contributed by atoms with Crippen LogP contribution in [0.2, 0.25) is 5.02 Å². The molecule has 0 atom stereocenters. The van der Waals surface area contributed by atoms with E-state index in [4.69, 9.17) is 11.6 Å². The van der Waals surface area contributed by atoms with E-state index < -0.39 is 0 Å². The average Bonchev–Trinajstić information content (AvgIpc) is 2.89. The fourth-order valence-corrected chi connectivity index (χ4v) is 3.06. The number of amides is 1. The summed E-state index contributed by atoms with van der Waals surface area (Å²) < 4.78 is 0. The summed E-state index contributed by atoms with van der Waals surface area (Å²) in [5, 5.41) is 13.2. The first kappa shape index (κ1) is 15.5. The number of rotatable bonds is 3. The number of aryl methyl sites for hydroxylation is 1. The number of anilines is 1. The molecule has 0 radical (unpaired) electrons. The molecular weight excluding hydrogens is 332 g/mol. The summed E-state index contributed by atoms with van der Waals surface area (Å²) >= 11 is 7.31. The third-order valence-corrected chi connectivity index (χ3v) is 4.40. The molecule has 0 saturated heterocycles. The summed E-state index contributed by atoms with van der Waals surface area (Å²) in [7, 11) is 0. The number of halogens is 1. The van der Waals surface area contributed by atoms with E-state index in [0.29, 0.717) is 15.7 Å². The van der Waals surface area contributed by atoms with E-state index in [0.717, 1.165) is 16.1 Å². The number of benzene rings is 2. The van der Waals surface area contributed by atoms with Crippen molar-refractivity contribution in [3.8, 4) is 17.0 Å². The number of aromatic hydroxyl groups is 1. The lowest BCUT2D eigenvalue weighted by Crippen LogP contribution is -2.11. The van der Waals surface area contributed by atoms with Crippen LogP contribution in [0.5, 0.6) is 5.75 Å². The van der Waals surface area contributed by atoms with Crippen molar-refractivity contribution in [1.29, 1.82) is 0 Å². The Morgan fingerprint density at radius 1 is 1.13 bits per heavy atom. The van der Waals surface area contributed by atoms with Crippen molar-refractivity contribution < 1.29 is 9.90 Å². The Labute approximate surface area is 142 Å². The summed E-state index contributed by atoms with van der Waals surface area (Å²) in [5.74, 6) is -0.141. The molecular formula is C17H13ClN2O2S. The van der Waals surface area contributed by atoms with Gasteiger partial charge in [0.2, 0.25) is 0 Å². The molecule has 0 bridgehead atoms. The highest BCUT2D eigenvalue weighted by Crippen LogP contribution is 2.31. The molecule has 1 aromatic heterocycles. The van der Waals surface area contributed by atoms with Gasteiger partial charge in [-0.2, -0.15) is 0 Å². The number of thiazole rings is 1. The lowest BCUT2D eigenvalue weighted by molar-refractivity contribution is 0.102. The van der Waals surface area contributed by atoms with Crippen LogP contribution in [0, 0.1) is 6.92 Å². The maximum Gasteiger partial charge on any atom is 0.257 e. The lowest BCUT2D eigenvalue weighted by atomic mass is 10.1. The zero-order chi connectivity index (χ0) is 16.4. The Kier molecular flexibility index (Phi) is 4.32. The number of carbonyl (C=O) groups is 1. The topological polar surface area (TPSA) is 62.2 Å². The molecule has 0 saturated carbocycles. The molecule has 0 spiro atoms. The van der Waals surface area contributed by atoms with Crippen molar-refractivity contribution in [3.63, 3.8) is 0 Å². The second kappa shape index (κ2) is 6.40. The number of hydrogen-bond acceptors (Lipinski definition) is 4. The van der Waals surface area contributed by atoms with Gasteiger partial charge in [-0.05, 0) is 43.3 Å². The van der Waals surface area contributed by atoms with E-state index >= 15 is 0 Å². The van der Waals surface area contributed by atoms with Crippen LogP contribution in [0.15, 0.2) is 48.5 Å². The zero-order valence-electron chi connectivity index (χ0n) is 12.2. The molecule has 2 N–H and O–H groups in total. The van der Waals surface area contributed by atoms with E-state index in [-0.39, 0.29) is 11.7 Å². The van der Waals surface area contributed by atoms with Gasteiger partial charge in [0.1, 0.15) is 5.75 Å². The highest BCUT2D eigenvalue weighted by molar-refractivity contribution is 7.16. The molecule has 4 nitrogen and oxygen atoms in total. The van der Waals surface area contributed by atoms with Gasteiger partial charge in [-0.3, -0.25) is 10.1 Å². The van der Waals surface area contributed by atoms with Crippen LogP contribution in [-0.2, 0) is 0 Å². The molecule has 116 valence electrons. The standard InChI is InChI=1S/C17H13ClN2O2S/c1-10-15(11-2-6-13(18)7-3-11)19-17(23-10)20-16(22)12-4-8-14(21)9-5-12/h2-9,21H,1H3,(H,19,20,22). The number of nitrogens with one attached hydrogen (secondary N) is 1. The zero-order valence-corrected chi connectivity index (χ0v) is 13.8. The van der Waals surface area contributed by atoms with E-state index in [9.17, 15) is 9.90 Å². The molecule has 0 fully saturated rings. The number of nitrogens with zero attached hydrogens (tertiary/aromatic N) is 1. The summed E-state index contributed by atoms with van der Waals surface area (Å²) in [6, 6.07) is 13.5. The van der Waals surface area contributed by atoms with Crippen molar-refractivity contribution in [3.05, 3.63) is 64.0 Å². The predicted octanol–water partition coefficient (Wildman–Crippen LogP) is 4.73. The predicted molar refractivity (Wildman–Crippen MR) is 93.4 cm³/mol. The highest BCUT2D eigenvalue weighted by Gasteiger charge is 2.13. The summed E-state index contributed by atoms with van der Waals surface area (Å²) in [5.41, 5.74) is 2.24. The van der Waals surface area contributed by atoms with Gasteiger partial charge in [-0.15, -0.1) is 11.3 Å². The molecule has 1 amide bonds. The molecule has 0 aliphatic rings. The van der Waals surface area contributed by atoms with Crippen LogP contribution < -0.4 is 5.32 Å². The van der Waals surface area contributed by atoms with Crippen LogP contribution in [-0.4, -0.2) is 16.0 Å². The Morgan fingerprint density at radius 2 is 1.78 bits per heavy atom. The number of carbonyl (C=O) groups excluding carboxylic acids is 1. The van der Waals surface area contributed by atoms with E-state index in [1.165, 1.54) is 23.5 Å². The molecule has 2 aromatic carbocycles. The number of phenols is 1. The minimum atomic E-state index is -0.263. The van der Waals surface area contributed by atoms with Crippen LogP contribution in [0.3, 0.4) is 0 Å². The van der Waals surface area contributed by atoms with Crippen LogP contribution in [0.1, 0.15) is 15.2 Å². The maximum atomic E-state index is 12.2. The monoisotopic (exact) mass is 344 g/mol. The molecule has 0 aliphatic heterocycles. The minimum Gasteiger partial charge on any atom is -0.508 e. The lowest BCUT2D eigenvalue weighted by Gasteiger charge is -2.01. The molecule has 0 unspecified atom stereocenters. The average molecular weight is 345 g/mol. The fraction of sp³-hybridized carbons (Fsp3) is 0.0588. The first-order valence-electron chi connectivity index (χ1n) is 6.86. The Morgan fingerprint density at radius 3 is 2.43 bits per heavy atom. The van der Waals surface area contributed by atoms with Crippen LogP contribution >= 0.6 is 22.9 Å². The Bertz CT molecular complexity index is 842. The van der Waals surface area contributed by atoms with Crippen LogP contribution in [0.25, 0.3) is 11.3 Å². The number of aromatic nitrogens is 1. The highest BCUT2D eigenvalue weighted by atomic mass is 35.5. The Balaban J connectivity index is 1.82. The molecule has 6 heteroatoms. The molecule has 0 aliphatic carbocycles. The van der Waals surface area contributed by atoms with Gasteiger partial charge in [0, 0.05) is 21.0 Å². The number of phenolic OH excluding ortho intramolecular Hbond substituents is 1. The van der Waals surface area contributed by atoms with Crippen molar-refractivity contribution in [2.45, 2.75) is 6.92 Å². The summed E-state index contributed by atoms with van der Waals surface area (Å²) in [6.45, 7) is 1.96. The van der Waals surface area contributed by atoms with Gasteiger partial charge in [0.15, 0.2) is 5.13 Å². The maximum absolute atomic E-state index is 12.2.